The van der Waals surface area contributed by atoms with Crippen LogP contribution < -0.4 is 10.6 Å². The van der Waals surface area contributed by atoms with Crippen molar-refractivity contribution in [2.75, 3.05) is 20.1 Å². The van der Waals surface area contributed by atoms with Crippen LogP contribution in [-0.4, -0.2) is 48.9 Å². The Morgan fingerprint density at radius 1 is 1.50 bits per heavy atom. The van der Waals surface area contributed by atoms with Crippen LogP contribution in [0.15, 0.2) is 0 Å². The van der Waals surface area contributed by atoms with Crippen molar-refractivity contribution in [1.29, 1.82) is 0 Å². The van der Waals surface area contributed by atoms with Crippen molar-refractivity contribution in [2.45, 2.75) is 25.9 Å². The Bertz CT molecular complexity index is 242. The molecule has 0 aliphatic carbocycles. The number of carbonyl (C=O) groups excluding carboxylic acids is 2. The normalized spacial score (nSPS) is 27.8. The summed E-state index contributed by atoms with van der Waals surface area (Å²) >= 11 is 0. The standard InChI is InChI=1S/C9H17N3O2/c1-4-10-5-7-9(14)12(3)6(2)8(13)11-7/h6-7,10H,4-5H2,1-3H3,(H,11,13)/t6?,7-/m0/s1. The molecule has 0 aromatic rings. The lowest BCUT2D eigenvalue weighted by Crippen LogP contribution is -2.63. The van der Waals surface area contributed by atoms with E-state index in [0.29, 0.717) is 6.54 Å². The number of amides is 2. The van der Waals surface area contributed by atoms with Gasteiger partial charge in [0.15, 0.2) is 0 Å². The van der Waals surface area contributed by atoms with E-state index in [9.17, 15) is 9.59 Å². The number of rotatable bonds is 3. The van der Waals surface area contributed by atoms with Gasteiger partial charge in [0, 0.05) is 13.6 Å². The molecule has 1 aliphatic rings. The first-order valence-electron chi connectivity index (χ1n) is 4.85. The zero-order chi connectivity index (χ0) is 10.7. The second kappa shape index (κ2) is 4.41. The highest BCUT2D eigenvalue weighted by Crippen LogP contribution is 2.06. The Hall–Kier alpha value is -1.10. The van der Waals surface area contributed by atoms with E-state index in [1.807, 2.05) is 6.92 Å². The maximum Gasteiger partial charge on any atom is 0.246 e. The highest BCUT2D eigenvalue weighted by Gasteiger charge is 2.35. The van der Waals surface area contributed by atoms with E-state index in [-0.39, 0.29) is 17.9 Å². The molecule has 1 unspecified atom stereocenters. The van der Waals surface area contributed by atoms with Crippen LogP contribution in [0.4, 0.5) is 0 Å². The molecule has 0 radical (unpaired) electrons. The van der Waals surface area contributed by atoms with Gasteiger partial charge >= 0.3 is 0 Å². The summed E-state index contributed by atoms with van der Waals surface area (Å²) in [7, 11) is 1.66. The van der Waals surface area contributed by atoms with Crippen LogP contribution in [-0.2, 0) is 9.59 Å². The van der Waals surface area contributed by atoms with Gasteiger partial charge in [-0.05, 0) is 13.5 Å². The molecule has 2 atom stereocenters. The molecule has 2 amide bonds. The van der Waals surface area contributed by atoms with Gasteiger partial charge < -0.3 is 15.5 Å². The van der Waals surface area contributed by atoms with E-state index in [2.05, 4.69) is 10.6 Å². The van der Waals surface area contributed by atoms with E-state index in [4.69, 9.17) is 0 Å². The first kappa shape index (κ1) is 11.0. The van der Waals surface area contributed by atoms with Gasteiger partial charge in [-0.3, -0.25) is 9.59 Å². The van der Waals surface area contributed by atoms with Gasteiger partial charge in [-0.15, -0.1) is 0 Å². The summed E-state index contributed by atoms with van der Waals surface area (Å²) in [6.07, 6.45) is 0. The van der Waals surface area contributed by atoms with Crippen LogP contribution in [0.25, 0.3) is 0 Å². The fourth-order valence-corrected chi connectivity index (χ4v) is 1.39. The summed E-state index contributed by atoms with van der Waals surface area (Å²) in [5, 5.41) is 5.73. The molecular weight excluding hydrogens is 182 g/mol. The second-order valence-corrected chi connectivity index (χ2v) is 3.49. The van der Waals surface area contributed by atoms with Crippen molar-refractivity contribution in [2.24, 2.45) is 0 Å². The van der Waals surface area contributed by atoms with Crippen LogP contribution in [0.1, 0.15) is 13.8 Å². The summed E-state index contributed by atoms with van der Waals surface area (Å²) < 4.78 is 0. The fourth-order valence-electron chi connectivity index (χ4n) is 1.39. The first-order valence-corrected chi connectivity index (χ1v) is 4.85. The molecule has 0 bridgehead atoms. The van der Waals surface area contributed by atoms with Crippen molar-refractivity contribution >= 4 is 11.8 Å². The molecular formula is C9H17N3O2. The van der Waals surface area contributed by atoms with Crippen molar-refractivity contribution in [1.82, 2.24) is 15.5 Å². The molecule has 0 spiro atoms. The summed E-state index contributed by atoms with van der Waals surface area (Å²) in [5.41, 5.74) is 0. The van der Waals surface area contributed by atoms with Gasteiger partial charge in [-0.1, -0.05) is 6.92 Å². The topological polar surface area (TPSA) is 61.4 Å². The van der Waals surface area contributed by atoms with Crippen molar-refractivity contribution in [3.63, 3.8) is 0 Å². The lowest BCUT2D eigenvalue weighted by Gasteiger charge is -2.34. The number of likely N-dealkylation sites (N-methyl/N-ethyl adjacent to an activating group) is 2. The van der Waals surface area contributed by atoms with E-state index >= 15 is 0 Å². The van der Waals surface area contributed by atoms with Gasteiger partial charge in [0.1, 0.15) is 12.1 Å². The minimum atomic E-state index is -0.413. The van der Waals surface area contributed by atoms with Gasteiger partial charge in [0.2, 0.25) is 11.8 Å². The van der Waals surface area contributed by atoms with Gasteiger partial charge in [0.25, 0.3) is 0 Å². The summed E-state index contributed by atoms with van der Waals surface area (Å²) in [5.74, 6) is -0.118. The average Bonchev–Trinajstić information content (AvgIpc) is 2.18. The van der Waals surface area contributed by atoms with Crippen LogP contribution >= 0.6 is 0 Å². The lowest BCUT2D eigenvalue weighted by atomic mass is 10.1. The third-order valence-electron chi connectivity index (χ3n) is 2.52. The molecule has 5 heteroatoms. The number of nitrogens with zero attached hydrogens (tertiary/aromatic N) is 1. The van der Waals surface area contributed by atoms with E-state index in [1.165, 1.54) is 4.90 Å². The number of carbonyl (C=O) groups is 2. The molecule has 1 saturated heterocycles. The van der Waals surface area contributed by atoms with Crippen molar-refractivity contribution < 1.29 is 9.59 Å². The molecule has 5 nitrogen and oxygen atoms in total. The maximum absolute atomic E-state index is 11.7. The smallest absolute Gasteiger partial charge is 0.246 e. The van der Waals surface area contributed by atoms with Gasteiger partial charge in [-0.25, -0.2) is 0 Å². The summed E-state index contributed by atoms with van der Waals surface area (Å²) in [4.78, 5) is 24.5. The lowest BCUT2D eigenvalue weighted by molar-refractivity contribution is -0.146. The number of piperazine rings is 1. The zero-order valence-corrected chi connectivity index (χ0v) is 8.83. The Morgan fingerprint density at radius 2 is 2.14 bits per heavy atom. The van der Waals surface area contributed by atoms with E-state index in [1.54, 1.807) is 14.0 Å². The van der Waals surface area contributed by atoms with Gasteiger partial charge in [-0.2, -0.15) is 0 Å². The molecule has 0 aromatic carbocycles. The Labute approximate surface area is 83.8 Å². The quantitative estimate of drug-likeness (QED) is 0.609. The minimum Gasteiger partial charge on any atom is -0.341 e. The predicted molar refractivity (Wildman–Crippen MR) is 52.7 cm³/mol. The van der Waals surface area contributed by atoms with Crippen LogP contribution in [0, 0.1) is 0 Å². The van der Waals surface area contributed by atoms with E-state index in [0.717, 1.165) is 6.54 Å². The molecule has 1 aliphatic heterocycles. The van der Waals surface area contributed by atoms with E-state index < -0.39 is 6.04 Å². The first-order chi connectivity index (χ1) is 6.57. The third kappa shape index (κ3) is 2.04. The molecule has 80 valence electrons. The van der Waals surface area contributed by atoms with Crippen LogP contribution in [0.5, 0.6) is 0 Å². The van der Waals surface area contributed by atoms with Gasteiger partial charge in [0.05, 0.1) is 0 Å². The van der Waals surface area contributed by atoms with Crippen molar-refractivity contribution in [3.05, 3.63) is 0 Å². The molecule has 1 heterocycles. The predicted octanol–water partition coefficient (Wildman–Crippen LogP) is -1.06. The number of hydrogen-bond acceptors (Lipinski definition) is 3. The Balaban J connectivity index is 2.61. The molecule has 1 rings (SSSR count). The largest absolute Gasteiger partial charge is 0.341 e. The number of hydrogen-bond donors (Lipinski definition) is 2. The van der Waals surface area contributed by atoms with Crippen LogP contribution in [0.3, 0.4) is 0 Å². The molecule has 0 saturated carbocycles. The zero-order valence-electron chi connectivity index (χ0n) is 8.83. The molecule has 2 N–H and O–H groups in total. The van der Waals surface area contributed by atoms with Crippen molar-refractivity contribution in [3.8, 4) is 0 Å². The summed E-state index contributed by atoms with van der Waals surface area (Å²) in [6.45, 7) is 4.97. The molecule has 1 fully saturated rings. The minimum absolute atomic E-state index is 0.0296. The summed E-state index contributed by atoms with van der Waals surface area (Å²) in [6, 6.07) is -0.774. The maximum atomic E-state index is 11.7. The second-order valence-electron chi connectivity index (χ2n) is 3.49. The number of nitrogens with one attached hydrogen (secondary N) is 2. The third-order valence-corrected chi connectivity index (χ3v) is 2.52. The Kier molecular flexibility index (Phi) is 3.46. The SMILES string of the molecule is CCNC[C@@H]1NC(=O)C(C)N(C)C1=O. The molecule has 0 aromatic heterocycles. The highest BCUT2D eigenvalue weighted by atomic mass is 16.2. The Morgan fingerprint density at radius 3 is 2.71 bits per heavy atom. The monoisotopic (exact) mass is 199 g/mol. The fraction of sp³-hybridized carbons (Fsp3) is 0.778. The van der Waals surface area contributed by atoms with Crippen LogP contribution in [0.2, 0.25) is 0 Å². The highest BCUT2D eigenvalue weighted by molar-refractivity contribution is 5.96. The average molecular weight is 199 g/mol. The molecule has 14 heavy (non-hydrogen) atoms.